The molecule has 5 nitrogen and oxygen atoms in total. The lowest BCUT2D eigenvalue weighted by Crippen LogP contribution is -2.49. The molecular formula is C19H30N4O. The van der Waals surface area contributed by atoms with E-state index >= 15 is 0 Å². The van der Waals surface area contributed by atoms with Crippen molar-refractivity contribution in [3.05, 3.63) is 17.5 Å². The van der Waals surface area contributed by atoms with Gasteiger partial charge in [0, 0.05) is 56.9 Å². The van der Waals surface area contributed by atoms with Gasteiger partial charge in [-0.3, -0.25) is 14.4 Å². The number of carbonyl (C=O) groups is 1. The third-order valence-corrected chi connectivity index (χ3v) is 6.39. The number of piperazine rings is 1. The van der Waals surface area contributed by atoms with Crippen molar-refractivity contribution in [3.63, 3.8) is 0 Å². The van der Waals surface area contributed by atoms with E-state index in [0.717, 1.165) is 56.8 Å². The molecule has 4 rings (SSSR count). The summed E-state index contributed by atoms with van der Waals surface area (Å²) >= 11 is 0. The van der Waals surface area contributed by atoms with Gasteiger partial charge in [-0.2, -0.15) is 5.10 Å². The lowest BCUT2D eigenvalue weighted by Gasteiger charge is -2.35. The van der Waals surface area contributed by atoms with Crippen LogP contribution in [0.4, 0.5) is 0 Å². The van der Waals surface area contributed by atoms with Crippen LogP contribution < -0.4 is 0 Å². The van der Waals surface area contributed by atoms with E-state index < -0.39 is 0 Å². The van der Waals surface area contributed by atoms with Crippen LogP contribution in [0.1, 0.15) is 43.9 Å². The van der Waals surface area contributed by atoms with Crippen LogP contribution in [-0.2, 0) is 17.9 Å². The summed E-state index contributed by atoms with van der Waals surface area (Å²) in [5.41, 5.74) is 2.46. The average Bonchev–Trinajstić information content (AvgIpc) is 3.24. The Morgan fingerprint density at radius 3 is 2.42 bits per heavy atom. The molecule has 3 aliphatic rings. The number of rotatable bonds is 4. The van der Waals surface area contributed by atoms with Gasteiger partial charge in [-0.15, -0.1) is 0 Å². The van der Waals surface area contributed by atoms with Crippen LogP contribution in [0.15, 0.2) is 6.20 Å². The van der Waals surface area contributed by atoms with Gasteiger partial charge < -0.3 is 4.90 Å². The number of carbonyl (C=O) groups excluding carboxylic acids is 1. The molecule has 0 N–H and O–H groups in total. The highest BCUT2D eigenvalue weighted by molar-refractivity contribution is 5.82. The molecule has 0 unspecified atom stereocenters. The summed E-state index contributed by atoms with van der Waals surface area (Å²) in [5, 5.41) is 4.54. The minimum absolute atomic E-state index is 0.379. The predicted molar refractivity (Wildman–Crippen MR) is 93.4 cm³/mol. The predicted octanol–water partition coefficient (Wildman–Crippen LogP) is 2.29. The average molecular weight is 330 g/mol. The molecule has 3 fully saturated rings. The molecule has 2 aliphatic carbocycles. The summed E-state index contributed by atoms with van der Waals surface area (Å²) < 4.78 is 2.01. The Hall–Kier alpha value is -1.36. The van der Waals surface area contributed by atoms with E-state index in [1.54, 1.807) is 0 Å². The van der Waals surface area contributed by atoms with Crippen molar-refractivity contribution in [3.8, 4) is 0 Å². The van der Waals surface area contributed by atoms with E-state index in [4.69, 9.17) is 0 Å². The van der Waals surface area contributed by atoms with E-state index in [1.807, 2.05) is 4.68 Å². The molecule has 0 spiro atoms. The van der Waals surface area contributed by atoms with Crippen LogP contribution >= 0.6 is 0 Å². The monoisotopic (exact) mass is 330 g/mol. The first-order valence-electron chi connectivity index (χ1n) is 9.71. The zero-order valence-corrected chi connectivity index (χ0v) is 15.1. The Kier molecular flexibility index (Phi) is 4.37. The van der Waals surface area contributed by atoms with Gasteiger partial charge in [-0.25, -0.2) is 0 Å². The number of aryl methyl sites for hydroxylation is 2. The Bertz CT molecular complexity index is 591. The molecule has 24 heavy (non-hydrogen) atoms. The van der Waals surface area contributed by atoms with Gasteiger partial charge in [0.1, 0.15) is 0 Å². The highest BCUT2D eigenvalue weighted by Gasteiger charge is 2.55. The second kappa shape index (κ2) is 6.51. The smallest absolute Gasteiger partial charge is 0.226 e. The summed E-state index contributed by atoms with van der Waals surface area (Å²) in [6.07, 6.45) is 7.43. The van der Waals surface area contributed by atoms with E-state index in [1.165, 1.54) is 31.2 Å². The molecule has 132 valence electrons. The third kappa shape index (κ3) is 2.99. The molecular weight excluding hydrogens is 300 g/mol. The number of hydrogen-bond donors (Lipinski definition) is 0. The van der Waals surface area contributed by atoms with Gasteiger partial charge in [0.25, 0.3) is 0 Å². The van der Waals surface area contributed by atoms with Gasteiger partial charge in [0.15, 0.2) is 0 Å². The number of amides is 1. The van der Waals surface area contributed by atoms with E-state index in [9.17, 15) is 4.79 Å². The molecule has 0 aromatic carbocycles. The molecule has 0 bridgehead atoms. The molecule has 1 amide bonds. The van der Waals surface area contributed by atoms with Gasteiger partial charge >= 0.3 is 0 Å². The first-order chi connectivity index (χ1) is 11.7. The maximum absolute atomic E-state index is 12.8. The standard InChI is InChI=1S/C19H30N4O/c1-3-23-13-15(14(2)20-23)12-21-8-10-22(11-9-21)19(24)18-16-6-4-5-7-17(16)18/h13,16-18H,3-12H2,1-2H3/t16-,17-/m1/s1. The fourth-order valence-corrected chi connectivity index (χ4v) is 4.81. The van der Waals surface area contributed by atoms with Gasteiger partial charge in [-0.1, -0.05) is 12.8 Å². The quantitative estimate of drug-likeness (QED) is 0.850. The van der Waals surface area contributed by atoms with E-state index in [2.05, 4.69) is 34.9 Å². The fourth-order valence-electron chi connectivity index (χ4n) is 4.81. The lowest BCUT2D eigenvalue weighted by molar-refractivity contribution is -0.135. The second-order valence-electron chi connectivity index (χ2n) is 7.83. The first kappa shape index (κ1) is 16.1. The summed E-state index contributed by atoms with van der Waals surface area (Å²) in [5.74, 6) is 2.30. The molecule has 1 aromatic rings. The SMILES string of the molecule is CCn1cc(CN2CCN(C(=O)C3[C@@H]4CCCC[C@@H]34)CC2)c(C)n1. The fraction of sp³-hybridized carbons (Fsp3) is 0.789. The number of hydrogen-bond acceptors (Lipinski definition) is 3. The lowest BCUT2D eigenvalue weighted by atomic mass is 10.0. The Balaban J connectivity index is 1.29. The summed E-state index contributed by atoms with van der Waals surface area (Å²) in [6, 6.07) is 0. The minimum Gasteiger partial charge on any atom is -0.340 e. The summed E-state index contributed by atoms with van der Waals surface area (Å²) in [7, 11) is 0. The van der Waals surface area contributed by atoms with Crippen molar-refractivity contribution in [2.24, 2.45) is 17.8 Å². The topological polar surface area (TPSA) is 41.4 Å². The van der Waals surface area contributed by atoms with E-state index in [-0.39, 0.29) is 0 Å². The van der Waals surface area contributed by atoms with Crippen LogP contribution in [0.5, 0.6) is 0 Å². The van der Waals surface area contributed by atoms with Crippen molar-refractivity contribution in [1.29, 1.82) is 0 Å². The third-order valence-electron chi connectivity index (χ3n) is 6.39. The maximum Gasteiger partial charge on any atom is 0.226 e. The van der Waals surface area contributed by atoms with E-state index in [0.29, 0.717) is 11.8 Å². The highest BCUT2D eigenvalue weighted by Crippen LogP contribution is 2.56. The zero-order chi connectivity index (χ0) is 16.7. The summed E-state index contributed by atoms with van der Waals surface area (Å²) in [4.78, 5) is 17.4. The van der Waals surface area contributed by atoms with Gasteiger partial charge in [-0.05, 0) is 38.5 Å². The van der Waals surface area contributed by atoms with Crippen molar-refractivity contribution < 1.29 is 4.79 Å². The molecule has 2 saturated carbocycles. The van der Waals surface area contributed by atoms with Crippen LogP contribution in [0, 0.1) is 24.7 Å². The minimum atomic E-state index is 0.379. The largest absolute Gasteiger partial charge is 0.340 e. The summed E-state index contributed by atoms with van der Waals surface area (Å²) in [6.45, 7) is 9.88. The molecule has 0 radical (unpaired) electrons. The van der Waals surface area contributed by atoms with Crippen LogP contribution in [0.2, 0.25) is 0 Å². The maximum atomic E-state index is 12.8. The Morgan fingerprint density at radius 1 is 1.17 bits per heavy atom. The van der Waals surface area contributed by atoms with Crippen molar-refractivity contribution in [1.82, 2.24) is 19.6 Å². The molecule has 1 aliphatic heterocycles. The number of fused-ring (bicyclic) bond motifs is 1. The van der Waals surface area contributed by atoms with Crippen LogP contribution in [-0.4, -0.2) is 51.7 Å². The Morgan fingerprint density at radius 2 is 1.83 bits per heavy atom. The molecule has 1 saturated heterocycles. The second-order valence-corrected chi connectivity index (χ2v) is 7.83. The van der Waals surface area contributed by atoms with Crippen molar-refractivity contribution in [2.45, 2.75) is 52.6 Å². The van der Waals surface area contributed by atoms with Gasteiger partial charge in [0.2, 0.25) is 5.91 Å². The normalized spacial score (nSPS) is 30.2. The zero-order valence-electron chi connectivity index (χ0n) is 15.1. The molecule has 2 heterocycles. The van der Waals surface area contributed by atoms with Crippen molar-refractivity contribution >= 4 is 5.91 Å². The highest BCUT2D eigenvalue weighted by atomic mass is 16.2. The van der Waals surface area contributed by atoms with Crippen LogP contribution in [0.25, 0.3) is 0 Å². The molecule has 5 heteroatoms. The molecule has 1 aromatic heterocycles. The number of aromatic nitrogens is 2. The van der Waals surface area contributed by atoms with Crippen LogP contribution in [0.3, 0.4) is 0 Å². The molecule has 2 atom stereocenters. The first-order valence-corrected chi connectivity index (χ1v) is 9.71. The van der Waals surface area contributed by atoms with Gasteiger partial charge in [0.05, 0.1) is 5.69 Å². The Labute approximate surface area is 145 Å². The number of nitrogens with zero attached hydrogens (tertiary/aromatic N) is 4. The van der Waals surface area contributed by atoms with Crippen molar-refractivity contribution in [2.75, 3.05) is 26.2 Å².